The average molecular weight is 467 g/mol. The maximum atomic E-state index is 11.4. The first-order chi connectivity index (χ1) is 17.0. The van der Waals surface area contributed by atoms with Crippen molar-refractivity contribution in [1.29, 1.82) is 0 Å². The van der Waals surface area contributed by atoms with E-state index in [9.17, 15) is 9.90 Å². The SMILES string of the molecule is CC(CCC(=O)O)(c1ccc(OCc2ccccc2)cc1)c1ccc(OCc2ccccc2)cc1. The molecule has 0 saturated carbocycles. The molecule has 0 atom stereocenters. The number of carboxylic acid groups (broad SMARTS) is 1. The Labute approximate surface area is 206 Å². The Hall–Kier alpha value is -4.05. The maximum absolute atomic E-state index is 11.4. The zero-order valence-electron chi connectivity index (χ0n) is 19.9. The molecule has 0 radical (unpaired) electrons. The Morgan fingerprint density at radius 3 is 1.43 bits per heavy atom. The van der Waals surface area contributed by atoms with Crippen LogP contribution >= 0.6 is 0 Å². The second-order valence-electron chi connectivity index (χ2n) is 8.82. The van der Waals surface area contributed by atoms with Crippen molar-refractivity contribution in [2.45, 2.75) is 38.4 Å². The van der Waals surface area contributed by atoms with Crippen LogP contribution < -0.4 is 9.47 Å². The molecular weight excluding hydrogens is 436 g/mol. The Morgan fingerprint density at radius 2 is 1.06 bits per heavy atom. The summed E-state index contributed by atoms with van der Waals surface area (Å²) < 4.78 is 11.9. The van der Waals surface area contributed by atoms with E-state index in [1.807, 2.05) is 109 Å². The van der Waals surface area contributed by atoms with Crippen LogP contribution in [0.4, 0.5) is 0 Å². The highest BCUT2D eigenvalue weighted by atomic mass is 16.5. The predicted octanol–water partition coefficient (Wildman–Crippen LogP) is 7.02. The summed E-state index contributed by atoms with van der Waals surface area (Å²) in [6.07, 6.45) is 0.561. The number of ether oxygens (including phenoxy) is 2. The molecular formula is C31H30O4. The van der Waals surface area contributed by atoms with Crippen LogP contribution in [0.1, 0.15) is 42.0 Å². The minimum atomic E-state index is -0.804. The predicted molar refractivity (Wildman–Crippen MR) is 138 cm³/mol. The van der Waals surface area contributed by atoms with Gasteiger partial charge in [-0.1, -0.05) is 91.9 Å². The molecule has 4 aromatic carbocycles. The van der Waals surface area contributed by atoms with Crippen molar-refractivity contribution in [3.63, 3.8) is 0 Å². The van der Waals surface area contributed by atoms with E-state index < -0.39 is 11.4 Å². The van der Waals surface area contributed by atoms with Crippen LogP contribution in [0.2, 0.25) is 0 Å². The molecule has 0 bridgehead atoms. The van der Waals surface area contributed by atoms with Gasteiger partial charge >= 0.3 is 5.97 Å². The third-order valence-electron chi connectivity index (χ3n) is 6.32. The lowest BCUT2D eigenvalue weighted by molar-refractivity contribution is -0.137. The molecule has 0 aliphatic heterocycles. The highest BCUT2D eigenvalue weighted by Crippen LogP contribution is 2.38. The number of carbonyl (C=O) groups is 1. The van der Waals surface area contributed by atoms with E-state index in [0.717, 1.165) is 33.8 Å². The lowest BCUT2D eigenvalue weighted by atomic mass is 9.73. The standard InChI is InChI=1S/C31H30O4/c1-31(21-20-30(32)33,26-12-16-28(17-13-26)34-22-24-8-4-2-5-9-24)27-14-18-29(19-15-27)35-23-25-10-6-3-7-11-25/h2-19H,20-23H2,1H3,(H,32,33). The van der Waals surface area contributed by atoms with E-state index in [-0.39, 0.29) is 6.42 Å². The van der Waals surface area contributed by atoms with Gasteiger partial charge in [0, 0.05) is 11.8 Å². The number of aliphatic carboxylic acids is 1. The van der Waals surface area contributed by atoms with Crippen LogP contribution in [-0.2, 0) is 23.4 Å². The summed E-state index contributed by atoms with van der Waals surface area (Å²) in [5.41, 5.74) is 3.84. The minimum Gasteiger partial charge on any atom is -0.489 e. The zero-order chi connectivity index (χ0) is 24.5. The van der Waals surface area contributed by atoms with Crippen molar-refractivity contribution in [2.24, 2.45) is 0 Å². The maximum Gasteiger partial charge on any atom is 0.303 e. The molecule has 178 valence electrons. The van der Waals surface area contributed by atoms with Gasteiger partial charge in [-0.3, -0.25) is 4.79 Å². The van der Waals surface area contributed by atoms with Crippen molar-refractivity contribution < 1.29 is 19.4 Å². The summed E-state index contributed by atoms with van der Waals surface area (Å²) in [6, 6.07) is 36.0. The van der Waals surface area contributed by atoms with Crippen LogP contribution in [0.15, 0.2) is 109 Å². The van der Waals surface area contributed by atoms with Crippen molar-refractivity contribution in [2.75, 3.05) is 0 Å². The molecule has 35 heavy (non-hydrogen) atoms. The number of carboxylic acids is 1. The smallest absolute Gasteiger partial charge is 0.303 e. The first kappa shape index (κ1) is 24.1. The molecule has 0 aliphatic rings. The normalized spacial score (nSPS) is 11.1. The van der Waals surface area contributed by atoms with E-state index in [1.165, 1.54) is 0 Å². The topological polar surface area (TPSA) is 55.8 Å². The van der Waals surface area contributed by atoms with Gasteiger partial charge in [-0.05, 0) is 52.9 Å². The van der Waals surface area contributed by atoms with Gasteiger partial charge in [0.1, 0.15) is 24.7 Å². The second kappa shape index (κ2) is 11.4. The molecule has 0 unspecified atom stereocenters. The first-order valence-electron chi connectivity index (χ1n) is 11.8. The fourth-order valence-corrected chi connectivity index (χ4v) is 4.13. The molecule has 0 spiro atoms. The number of hydrogen-bond donors (Lipinski definition) is 1. The molecule has 4 aromatic rings. The van der Waals surface area contributed by atoms with E-state index in [1.54, 1.807) is 0 Å². The van der Waals surface area contributed by atoms with Crippen LogP contribution in [0.25, 0.3) is 0 Å². The lowest BCUT2D eigenvalue weighted by Crippen LogP contribution is -2.25. The van der Waals surface area contributed by atoms with E-state index in [4.69, 9.17) is 9.47 Å². The molecule has 0 fully saturated rings. The van der Waals surface area contributed by atoms with Crippen LogP contribution in [-0.4, -0.2) is 11.1 Å². The minimum absolute atomic E-state index is 0.0784. The fourth-order valence-electron chi connectivity index (χ4n) is 4.13. The van der Waals surface area contributed by atoms with Gasteiger partial charge < -0.3 is 14.6 Å². The first-order valence-corrected chi connectivity index (χ1v) is 11.8. The molecule has 0 saturated heterocycles. The molecule has 0 aromatic heterocycles. The number of benzene rings is 4. The largest absolute Gasteiger partial charge is 0.489 e. The quantitative estimate of drug-likeness (QED) is 0.258. The third-order valence-corrected chi connectivity index (χ3v) is 6.32. The van der Waals surface area contributed by atoms with Crippen molar-refractivity contribution >= 4 is 5.97 Å². The Balaban J connectivity index is 1.49. The molecule has 0 aliphatic carbocycles. The summed E-state index contributed by atoms with van der Waals surface area (Å²) in [4.78, 5) is 11.4. The van der Waals surface area contributed by atoms with E-state index in [0.29, 0.717) is 19.6 Å². The molecule has 1 N–H and O–H groups in total. The Morgan fingerprint density at radius 1 is 0.657 bits per heavy atom. The monoisotopic (exact) mass is 466 g/mol. The van der Waals surface area contributed by atoms with Gasteiger partial charge in [-0.2, -0.15) is 0 Å². The summed E-state index contributed by atoms with van der Waals surface area (Å²) >= 11 is 0. The summed E-state index contributed by atoms with van der Waals surface area (Å²) in [5, 5.41) is 9.38. The summed E-state index contributed by atoms with van der Waals surface area (Å²) in [5.74, 6) is 0.757. The van der Waals surface area contributed by atoms with Crippen LogP contribution in [0, 0.1) is 0 Å². The number of rotatable bonds is 11. The molecule has 0 amide bonds. The second-order valence-corrected chi connectivity index (χ2v) is 8.82. The summed E-state index contributed by atoms with van der Waals surface area (Å²) in [7, 11) is 0. The molecule has 0 heterocycles. The fraction of sp³-hybridized carbons (Fsp3) is 0.194. The van der Waals surface area contributed by atoms with E-state index in [2.05, 4.69) is 6.92 Å². The summed E-state index contributed by atoms with van der Waals surface area (Å²) in [6.45, 7) is 3.09. The van der Waals surface area contributed by atoms with Gasteiger partial charge in [-0.15, -0.1) is 0 Å². The van der Waals surface area contributed by atoms with Gasteiger partial charge in [0.15, 0.2) is 0 Å². The average Bonchev–Trinajstić information content (AvgIpc) is 2.91. The van der Waals surface area contributed by atoms with Crippen LogP contribution in [0.5, 0.6) is 11.5 Å². The van der Waals surface area contributed by atoms with Crippen molar-refractivity contribution in [3.8, 4) is 11.5 Å². The third kappa shape index (κ3) is 6.51. The number of hydrogen-bond acceptors (Lipinski definition) is 3. The zero-order valence-corrected chi connectivity index (χ0v) is 19.9. The molecule has 4 heteroatoms. The molecule has 4 nitrogen and oxygen atoms in total. The highest BCUT2D eigenvalue weighted by Gasteiger charge is 2.29. The Kier molecular flexibility index (Phi) is 7.84. The van der Waals surface area contributed by atoms with Crippen molar-refractivity contribution in [3.05, 3.63) is 131 Å². The van der Waals surface area contributed by atoms with Gasteiger partial charge in [0.2, 0.25) is 0 Å². The van der Waals surface area contributed by atoms with Gasteiger partial charge in [0.05, 0.1) is 0 Å². The molecule has 4 rings (SSSR count). The lowest BCUT2D eigenvalue weighted by Gasteiger charge is -2.31. The van der Waals surface area contributed by atoms with Gasteiger partial charge in [-0.25, -0.2) is 0 Å². The van der Waals surface area contributed by atoms with Crippen molar-refractivity contribution in [1.82, 2.24) is 0 Å². The van der Waals surface area contributed by atoms with Crippen LogP contribution in [0.3, 0.4) is 0 Å². The Bertz CT molecular complexity index is 1110. The highest BCUT2D eigenvalue weighted by molar-refractivity contribution is 5.67. The van der Waals surface area contributed by atoms with Gasteiger partial charge in [0.25, 0.3) is 0 Å². The van der Waals surface area contributed by atoms with E-state index >= 15 is 0 Å².